The second-order valence-electron chi connectivity index (χ2n) is 4.36. The summed E-state index contributed by atoms with van der Waals surface area (Å²) < 4.78 is 7.04. The fourth-order valence-corrected chi connectivity index (χ4v) is 2.72. The molecule has 0 amide bonds. The van der Waals surface area contributed by atoms with E-state index in [1.54, 1.807) is 35.3 Å². The van der Waals surface area contributed by atoms with Gasteiger partial charge in [0.15, 0.2) is 5.60 Å². The third kappa shape index (κ3) is 2.30. The number of aromatic nitrogens is 3. The van der Waals surface area contributed by atoms with Gasteiger partial charge in [-0.1, -0.05) is 29.3 Å². The van der Waals surface area contributed by atoms with Crippen molar-refractivity contribution in [2.75, 3.05) is 0 Å². The molecule has 1 aromatic heterocycles. The molecule has 0 saturated heterocycles. The van der Waals surface area contributed by atoms with E-state index >= 15 is 0 Å². The van der Waals surface area contributed by atoms with Crippen LogP contribution in [-0.2, 0) is 21.7 Å². The number of nitrogens with zero attached hydrogens (tertiary/aromatic N) is 3. The highest BCUT2D eigenvalue weighted by molar-refractivity contribution is 6.35. The van der Waals surface area contributed by atoms with E-state index in [0.717, 1.165) is 0 Å². The van der Waals surface area contributed by atoms with Crippen molar-refractivity contribution >= 4 is 29.2 Å². The van der Waals surface area contributed by atoms with Gasteiger partial charge in [-0.15, -0.1) is 0 Å². The van der Waals surface area contributed by atoms with Crippen LogP contribution in [0.3, 0.4) is 0 Å². The molecule has 7 heteroatoms. The molecule has 1 aliphatic rings. The summed E-state index contributed by atoms with van der Waals surface area (Å²) >= 11 is 12.1. The summed E-state index contributed by atoms with van der Waals surface area (Å²) in [7, 11) is 0. The van der Waals surface area contributed by atoms with E-state index in [9.17, 15) is 4.79 Å². The number of carbonyl (C=O) groups excluding carboxylic acids is 1. The Morgan fingerprint density at radius 1 is 1.35 bits per heavy atom. The largest absolute Gasteiger partial charge is 0.445 e. The van der Waals surface area contributed by atoms with Crippen LogP contribution in [0.1, 0.15) is 5.56 Å². The van der Waals surface area contributed by atoms with Crippen molar-refractivity contribution in [3.8, 4) is 0 Å². The van der Waals surface area contributed by atoms with Gasteiger partial charge in [0, 0.05) is 21.7 Å². The van der Waals surface area contributed by atoms with E-state index in [0.29, 0.717) is 15.6 Å². The molecule has 1 aromatic carbocycles. The Morgan fingerprint density at radius 3 is 2.80 bits per heavy atom. The van der Waals surface area contributed by atoms with Crippen LogP contribution < -0.4 is 0 Å². The van der Waals surface area contributed by atoms with Gasteiger partial charge in [0.2, 0.25) is 0 Å². The first kappa shape index (κ1) is 13.1. The number of benzene rings is 1. The van der Waals surface area contributed by atoms with Gasteiger partial charge in [0.25, 0.3) is 0 Å². The topological polar surface area (TPSA) is 57.0 Å². The maximum Gasteiger partial charge on any atom is 0.331 e. The van der Waals surface area contributed by atoms with E-state index in [4.69, 9.17) is 27.9 Å². The summed E-state index contributed by atoms with van der Waals surface area (Å²) in [5, 5.41) is 4.98. The number of halogens is 2. The fourth-order valence-electron chi connectivity index (χ4n) is 2.15. The van der Waals surface area contributed by atoms with Crippen LogP contribution in [0, 0.1) is 0 Å². The number of carbonyl (C=O) groups is 1. The number of esters is 1. The normalized spacial score (nSPS) is 21.2. The molecule has 5 nitrogen and oxygen atoms in total. The highest BCUT2D eigenvalue weighted by Gasteiger charge is 2.40. The lowest BCUT2D eigenvalue weighted by Crippen LogP contribution is -2.32. The number of hydrogen-bond acceptors (Lipinski definition) is 4. The van der Waals surface area contributed by atoms with Crippen molar-refractivity contribution in [2.24, 2.45) is 0 Å². The molecule has 0 saturated carbocycles. The predicted octanol–water partition coefficient (Wildman–Crippen LogP) is 2.59. The smallest absolute Gasteiger partial charge is 0.331 e. The summed E-state index contributed by atoms with van der Waals surface area (Å²) in [5.41, 5.74) is -0.340. The third-order valence-electron chi connectivity index (χ3n) is 3.02. The second kappa shape index (κ2) is 4.92. The fraction of sp³-hybridized carbons (Fsp3) is 0.154. The Bertz CT molecular complexity index is 685. The van der Waals surface area contributed by atoms with E-state index in [-0.39, 0.29) is 6.54 Å². The zero-order chi connectivity index (χ0) is 14.2. The first-order valence-corrected chi connectivity index (χ1v) is 6.55. The average Bonchev–Trinajstić information content (AvgIpc) is 3.00. The highest BCUT2D eigenvalue weighted by atomic mass is 35.5. The number of hydrogen-bond donors (Lipinski definition) is 0. The van der Waals surface area contributed by atoms with Crippen LogP contribution in [0.5, 0.6) is 0 Å². The summed E-state index contributed by atoms with van der Waals surface area (Å²) in [6, 6.07) is 5.05. The Labute approximate surface area is 124 Å². The van der Waals surface area contributed by atoms with Crippen LogP contribution in [-0.4, -0.2) is 20.7 Å². The van der Waals surface area contributed by atoms with Gasteiger partial charge >= 0.3 is 5.97 Å². The van der Waals surface area contributed by atoms with Crippen molar-refractivity contribution in [1.82, 2.24) is 14.8 Å². The maximum absolute atomic E-state index is 11.5. The van der Waals surface area contributed by atoms with E-state index in [1.165, 1.54) is 12.4 Å². The molecule has 0 fully saturated rings. The zero-order valence-electron chi connectivity index (χ0n) is 10.2. The molecule has 20 heavy (non-hydrogen) atoms. The molecule has 1 atom stereocenters. The standard InChI is InChI=1S/C13H9Cl2N3O2/c14-9-1-2-10(11(15)5-9)13(4-3-12(19)20-13)6-18-8-16-7-17-18/h1-5,7-8H,6H2. The molecule has 1 aliphatic heterocycles. The van der Waals surface area contributed by atoms with E-state index in [2.05, 4.69) is 10.1 Å². The van der Waals surface area contributed by atoms with E-state index in [1.807, 2.05) is 0 Å². The third-order valence-corrected chi connectivity index (χ3v) is 3.57. The van der Waals surface area contributed by atoms with Crippen LogP contribution in [0.25, 0.3) is 0 Å². The average molecular weight is 310 g/mol. The molecule has 2 aromatic rings. The minimum atomic E-state index is -0.994. The molecular weight excluding hydrogens is 301 g/mol. The molecule has 2 heterocycles. The summed E-state index contributed by atoms with van der Waals surface area (Å²) in [6.07, 6.45) is 6.01. The van der Waals surface area contributed by atoms with Gasteiger partial charge in [-0.05, 0) is 18.2 Å². The lowest BCUT2D eigenvalue weighted by molar-refractivity contribution is -0.147. The molecular formula is C13H9Cl2N3O2. The molecule has 0 N–H and O–H groups in total. The number of ether oxygens (including phenoxy) is 1. The lowest BCUT2D eigenvalue weighted by atomic mass is 9.94. The van der Waals surface area contributed by atoms with Gasteiger partial charge in [0.1, 0.15) is 12.7 Å². The molecule has 102 valence electrons. The molecule has 3 rings (SSSR count). The Morgan fingerprint density at radius 2 is 2.20 bits per heavy atom. The Hall–Kier alpha value is -1.85. The SMILES string of the molecule is O=C1C=CC(Cn2cncn2)(c2ccc(Cl)cc2Cl)O1. The Balaban J connectivity index is 2.06. The predicted molar refractivity (Wildman–Crippen MR) is 73.4 cm³/mol. The summed E-state index contributed by atoms with van der Waals surface area (Å²) in [6.45, 7) is 0.288. The molecule has 0 aliphatic carbocycles. The summed E-state index contributed by atoms with van der Waals surface area (Å²) in [5.74, 6) is -0.420. The van der Waals surface area contributed by atoms with Gasteiger partial charge < -0.3 is 4.74 Å². The molecule has 0 bridgehead atoms. The van der Waals surface area contributed by atoms with Crippen LogP contribution >= 0.6 is 23.2 Å². The number of cyclic esters (lactones) is 1. The lowest BCUT2D eigenvalue weighted by Gasteiger charge is -2.27. The van der Waals surface area contributed by atoms with Crippen molar-refractivity contribution in [3.05, 3.63) is 58.6 Å². The highest BCUT2D eigenvalue weighted by Crippen LogP contribution is 2.38. The second-order valence-corrected chi connectivity index (χ2v) is 5.20. The van der Waals surface area contributed by atoms with Crippen molar-refractivity contribution in [2.45, 2.75) is 12.1 Å². The van der Waals surface area contributed by atoms with Crippen molar-refractivity contribution in [1.29, 1.82) is 0 Å². The minimum absolute atomic E-state index is 0.288. The van der Waals surface area contributed by atoms with Crippen LogP contribution in [0.4, 0.5) is 0 Å². The zero-order valence-corrected chi connectivity index (χ0v) is 11.7. The van der Waals surface area contributed by atoms with Crippen LogP contribution in [0.15, 0.2) is 43.0 Å². The molecule has 1 unspecified atom stereocenters. The van der Waals surface area contributed by atoms with Gasteiger partial charge in [-0.25, -0.2) is 14.5 Å². The monoisotopic (exact) mass is 309 g/mol. The quantitative estimate of drug-likeness (QED) is 0.818. The first-order chi connectivity index (χ1) is 9.59. The minimum Gasteiger partial charge on any atom is -0.445 e. The van der Waals surface area contributed by atoms with Crippen molar-refractivity contribution < 1.29 is 9.53 Å². The van der Waals surface area contributed by atoms with Gasteiger partial charge in [-0.2, -0.15) is 5.10 Å². The number of rotatable bonds is 3. The van der Waals surface area contributed by atoms with Gasteiger partial charge in [-0.3, -0.25) is 0 Å². The van der Waals surface area contributed by atoms with Crippen molar-refractivity contribution in [3.63, 3.8) is 0 Å². The molecule has 0 radical (unpaired) electrons. The summed E-state index contributed by atoms with van der Waals surface area (Å²) in [4.78, 5) is 15.4. The first-order valence-electron chi connectivity index (χ1n) is 5.79. The Kier molecular flexibility index (Phi) is 3.23. The van der Waals surface area contributed by atoms with E-state index < -0.39 is 11.6 Å². The molecule has 0 spiro atoms. The van der Waals surface area contributed by atoms with Gasteiger partial charge in [0.05, 0.1) is 6.54 Å². The van der Waals surface area contributed by atoms with Crippen LogP contribution in [0.2, 0.25) is 10.0 Å². The maximum atomic E-state index is 11.5.